The standard InChI is InChI=1S/C14H20N2O3/c1-2-12-5-3-4-6-13(12)19-11-15-14(17)16-7-9-18-10-8-16/h3-6H,2,7-11H2,1H3,(H,15,17). The van der Waals surface area contributed by atoms with E-state index in [1.165, 1.54) is 0 Å². The van der Waals surface area contributed by atoms with E-state index in [1.807, 2.05) is 24.3 Å². The smallest absolute Gasteiger partial charge is 0.320 e. The van der Waals surface area contributed by atoms with Crippen molar-refractivity contribution in [1.29, 1.82) is 0 Å². The lowest BCUT2D eigenvalue weighted by atomic mass is 10.1. The summed E-state index contributed by atoms with van der Waals surface area (Å²) < 4.78 is 10.8. The van der Waals surface area contributed by atoms with E-state index in [1.54, 1.807) is 4.90 Å². The Hall–Kier alpha value is -1.75. The molecule has 0 spiro atoms. The van der Waals surface area contributed by atoms with Gasteiger partial charge in [-0.1, -0.05) is 25.1 Å². The van der Waals surface area contributed by atoms with Gasteiger partial charge in [0, 0.05) is 13.1 Å². The second kappa shape index (κ2) is 6.99. The zero-order chi connectivity index (χ0) is 13.5. The lowest BCUT2D eigenvalue weighted by Gasteiger charge is -2.26. The minimum Gasteiger partial charge on any atom is -0.473 e. The van der Waals surface area contributed by atoms with E-state index in [-0.39, 0.29) is 12.8 Å². The maximum Gasteiger partial charge on any atom is 0.320 e. The zero-order valence-electron chi connectivity index (χ0n) is 11.2. The first-order valence-electron chi connectivity index (χ1n) is 6.62. The monoisotopic (exact) mass is 264 g/mol. The van der Waals surface area contributed by atoms with Crippen LogP contribution in [-0.2, 0) is 11.2 Å². The van der Waals surface area contributed by atoms with Crippen molar-refractivity contribution in [3.8, 4) is 5.75 Å². The molecule has 1 aliphatic rings. The number of benzene rings is 1. The number of urea groups is 1. The minimum atomic E-state index is -0.0997. The number of hydrogen-bond acceptors (Lipinski definition) is 3. The normalized spacial score (nSPS) is 15.1. The van der Waals surface area contributed by atoms with Gasteiger partial charge in [0.25, 0.3) is 0 Å². The van der Waals surface area contributed by atoms with Crippen LogP contribution in [0.3, 0.4) is 0 Å². The van der Waals surface area contributed by atoms with Crippen LogP contribution in [0.5, 0.6) is 5.75 Å². The van der Waals surface area contributed by atoms with Gasteiger partial charge in [-0.05, 0) is 18.1 Å². The summed E-state index contributed by atoms with van der Waals surface area (Å²) in [5, 5.41) is 2.76. The summed E-state index contributed by atoms with van der Waals surface area (Å²) in [5.41, 5.74) is 1.14. The average molecular weight is 264 g/mol. The highest BCUT2D eigenvalue weighted by molar-refractivity contribution is 5.74. The number of amides is 2. The molecule has 2 amide bonds. The number of nitrogens with zero attached hydrogens (tertiary/aromatic N) is 1. The van der Waals surface area contributed by atoms with Crippen LogP contribution in [0, 0.1) is 0 Å². The number of nitrogens with one attached hydrogen (secondary N) is 1. The highest BCUT2D eigenvalue weighted by atomic mass is 16.5. The number of carbonyl (C=O) groups excluding carboxylic acids is 1. The Labute approximate surface area is 113 Å². The first kappa shape index (κ1) is 13.7. The Kier molecular flexibility index (Phi) is 5.03. The molecule has 2 rings (SSSR count). The van der Waals surface area contributed by atoms with Crippen LogP contribution < -0.4 is 10.1 Å². The van der Waals surface area contributed by atoms with Crippen LogP contribution in [-0.4, -0.2) is 44.0 Å². The lowest BCUT2D eigenvalue weighted by Crippen LogP contribution is -2.47. The van der Waals surface area contributed by atoms with E-state index < -0.39 is 0 Å². The van der Waals surface area contributed by atoms with Crippen molar-refractivity contribution in [1.82, 2.24) is 10.2 Å². The van der Waals surface area contributed by atoms with E-state index in [0.717, 1.165) is 17.7 Å². The topological polar surface area (TPSA) is 50.8 Å². The number of ether oxygens (including phenoxy) is 2. The van der Waals surface area contributed by atoms with Gasteiger partial charge in [-0.25, -0.2) is 4.79 Å². The van der Waals surface area contributed by atoms with Gasteiger partial charge in [-0.2, -0.15) is 0 Å². The Morgan fingerprint density at radius 3 is 2.84 bits per heavy atom. The van der Waals surface area contributed by atoms with Crippen LogP contribution in [0.15, 0.2) is 24.3 Å². The molecule has 0 bridgehead atoms. The number of carbonyl (C=O) groups is 1. The molecule has 0 saturated carbocycles. The van der Waals surface area contributed by atoms with Gasteiger partial charge in [0.15, 0.2) is 6.73 Å². The van der Waals surface area contributed by atoms with Crippen molar-refractivity contribution >= 4 is 6.03 Å². The summed E-state index contributed by atoms with van der Waals surface area (Å²) in [6, 6.07) is 7.76. The van der Waals surface area contributed by atoms with Crippen molar-refractivity contribution in [3.63, 3.8) is 0 Å². The highest BCUT2D eigenvalue weighted by Crippen LogP contribution is 2.17. The second-order valence-corrected chi connectivity index (χ2v) is 4.33. The number of hydrogen-bond donors (Lipinski definition) is 1. The fraction of sp³-hybridized carbons (Fsp3) is 0.500. The third-order valence-corrected chi connectivity index (χ3v) is 3.10. The van der Waals surface area contributed by atoms with Crippen molar-refractivity contribution in [2.75, 3.05) is 33.0 Å². The van der Waals surface area contributed by atoms with Crippen molar-refractivity contribution in [2.45, 2.75) is 13.3 Å². The SMILES string of the molecule is CCc1ccccc1OCNC(=O)N1CCOCC1. The Morgan fingerprint density at radius 2 is 2.11 bits per heavy atom. The molecule has 0 atom stereocenters. The van der Waals surface area contributed by atoms with E-state index in [4.69, 9.17) is 9.47 Å². The summed E-state index contributed by atoms with van der Waals surface area (Å²) in [5.74, 6) is 0.826. The molecule has 19 heavy (non-hydrogen) atoms. The first-order chi connectivity index (χ1) is 9.31. The van der Waals surface area contributed by atoms with E-state index >= 15 is 0 Å². The molecule has 1 aromatic carbocycles. The number of morpholine rings is 1. The molecule has 1 fully saturated rings. The van der Waals surface area contributed by atoms with Crippen LogP contribution in [0.4, 0.5) is 4.79 Å². The van der Waals surface area contributed by atoms with Crippen molar-refractivity contribution in [2.24, 2.45) is 0 Å². The van der Waals surface area contributed by atoms with Crippen molar-refractivity contribution in [3.05, 3.63) is 29.8 Å². The Bertz CT molecular complexity index is 417. The fourth-order valence-corrected chi connectivity index (χ4v) is 1.99. The molecule has 0 unspecified atom stereocenters. The summed E-state index contributed by atoms with van der Waals surface area (Å²) in [4.78, 5) is 13.6. The van der Waals surface area contributed by atoms with Crippen LogP contribution in [0.1, 0.15) is 12.5 Å². The molecule has 1 aromatic rings. The molecular formula is C14H20N2O3. The minimum absolute atomic E-state index is 0.0997. The van der Waals surface area contributed by atoms with E-state index in [0.29, 0.717) is 26.3 Å². The van der Waals surface area contributed by atoms with Gasteiger partial charge < -0.3 is 19.7 Å². The predicted octanol–water partition coefficient (Wildman–Crippen LogP) is 1.63. The summed E-state index contributed by atoms with van der Waals surface area (Å²) in [6.45, 7) is 4.75. The van der Waals surface area contributed by atoms with Gasteiger partial charge in [0.2, 0.25) is 0 Å². The summed E-state index contributed by atoms with van der Waals surface area (Å²) in [6.07, 6.45) is 0.910. The third-order valence-electron chi connectivity index (χ3n) is 3.10. The van der Waals surface area contributed by atoms with Gasteiger partial charge >= 0.3 is 6.03 Å². The third kappa shape index (κ3) is 3.86. The van der Waals surface area contributed by atoms with Gasteiger partial charge in [-0.3, -0.25) is 0 Å². The lowest BCUT2D eigenvalue weighted by molar-refractivity contribution is 0.0518. The largest absolute Gasteiger partial charge is 0.473 e. The molecule has 5 heteroatoms. The number of rotatable bonds is 4. The Morgan fingerprint density at radius 1 is 1.37 bits per heavy atom. The number of para-hydroxylation sites is 1. The molecule has 1 saturated heterocycles. The van der Waals surface area contributed by atoms with Crippen LogP contribution in [0.25, 0.3) is 0 Å². The van der Waals surface area contributed by atoms with Crippen LogP contribution >= 0.6 is 0 Å². The summed E-state index contributed by atoms with van der Waals surface area (Å²) in [7, 11) is 0. The van der Waals surface area contributed by atoms with Gasteiger partial charge in [0.1, 0.15) is 5.75 Å². The van der Waals surface area contributed by atoms with Crippen molar-refractivity contribution < 1.29 is 14.3 Å². The first-order valence-corrected chi connectivity index (χ1v) is 6.62. The quantitative estimate of drug-likeness (QED) is 0.841. The molecule has 1 aliphatic heterocycles. The zero-order valence-corrected chi connectivity index (χ0v) is 11.2. The maximum atomic E-state index is 11.8. The molecule has 104 valence electrons. The maximum absolute atomic E-state index is 11.8. The average Bonchev–Trinajstić information content (AvgIpc) is 2.48. The molecule has 0 radical (unpaired) electrons. The van der Waals surface area contributed by atoms with Gasteiger partial charge in [0.05, 0.1) is 13.2 Å². The Balaban J connectivity index is 1.78. The molecule has 1 N–H and O–H groups in total. The molecule has 5 nitrogen and oxygen atoms in total. The van der Waals surface area contributed by atoms with Crippen LogP contribution in [0.2, 0.25) is 0 Å². The summed E-state index contributed by atoms with van der Waals surface area (Å²) >= 11 is 0. The van der Waals surface area contributed by atoms with E-state index in [9.17, 15) is 4.79 Å². The molecule has 0 aromatic heterocycles. The van der Waals surface area contributed by atoms with Gasteiger partial charge in [-0.15, -0.1) is 0 Å². The highest BCUT2D eigenvalue weighted by Gasteiger charge is 2.16. The molecule has 1 heterocycles. The predicted molar refractivity (Wildman–Crippen MR) is 72.2 cm³/mol. The van der Waals surface area contributed by atoms with E-state index in [2.05, 4.69) is 12.2 Å². The second-order valence-electron chi connectivity index (χ2n) is 4.33. The molecular weight excluding hydrogens is 244 g/mol. The number of aryl methyl sites for hydroxylation is 1. The molecule has 0 aliphatic carbocycles. The fourth-order valence-electron chi connectivity index (χ4n) is 1.99.